The van der Waals surface area contributed by atoms with Gasteiger partial charge < -0.3 is 15.7 Å². The first-order valence-electron chi connectivity index (χ1n) is 11.2. The molecule has 1 aliphatic rings. The van der Waals surface area contributed by atoms with E-state index in [9.17, 15) is 19.5 Å². The average molecular weight is 490 g/mol. The molecule has 3 aromatic rings. The van der Waals surface area contributed by atoms with E-state index < -0.39 is 17.7 Å². The molecule has 0 saturated heterocycles. The molecule has 3 amide bonds. The normalized spacial score (nSPS) is 13.4. The van der Waals surface area contributed by atoms with Crippen molar-refractivity contribution < 1.29 is 19.5 Å². The summed E-state index contributed by atoms with van der Waals surface area (Å²) in [4.78, 5) is 39.5. The number of nitrogens with zero attached hydrogens (tertiary/aromatic N) is 1. The molecule has 35 heavy (non-hydrogen) atoms. The number of benzene rings is 3. The number of amides is 3. The highest BCUT2D eigenvalue weighted by molar-refractivity contribution is 6.53. The second-order valence-electron chi connectivity index (χ2n) is 8.11. The maximum Gasteiger partial charge on any atom is 0.283 e. The van der Waals surface area contributed by atoms with Crippen LogP contribution < -0.4 is 15.5 Å². The average Bonchev–Trinajstić information content (AvgIpc) is 3.06. The lowest BCUT2D eigenvalue weighted by Gasteiger charge is -2.16. The molecule has 0 radical (unpaired) electrons. The minimum absolute atomic E-state index is 0.0318. The van der Waals surface area contributed by atoms with Crippen LogP contribution in [0.1, 0.15) is 35.7 Å². The highest BCUT2D eigenvalue weighted by Gasteiger charge is 2.39. The van der Waals surface area contributed by atoms with Gasteiger partial charge in [-0.3, -0.25) is 14.4 Å². The van der Waals surface area contributed by atoms with Crippen LogP contribution in [0, 0.1) is 0 Å². The first-order valence-corrected chi connectivity index (χ1v) is 11.6. The van der Waals surface area contributed by atoms with Crippen molar-refractivity contribution in [1.82, 2.24) is 0 Å². The van der Waals surface area contributed by atoms with Crippen LogP contribution in [0.15, 0.2) is 83.5 Å². The molecule has 1 aliphatic heterocycles. The van der Waals surface area contributed by atoms with Gasteiger partial charge in [-0.05, 0) is 60.9 Å². The number of hydrogen-bond donors (Lipinski definition) is 3. The summed E-state index contributed by atoms with van der Waals surface area (Å²) in [6.45, 7) is 2.12. The second-order valence-corrected chi connectivity index (χ2v) is 8.49. The number of aromatic hydroxyl groups is 1. The Bertz CT molecular complexity index is 1320. The predicted molar refractivity (Wildman–Crippen MR) is 137 cm³/mol. The SMILES string of the molecule is CCCCc1ccc(N2C(=O)C(Cl)=C(Nc3cccc(C(=O)Nc4cccc(O)c4)c3)C2=O)cc1. The van der Waals surface area contributed by atoms with Gasteiger partial charge >= 0.3 is 0 Å². The number of phenols is 1. The number of halogens is 1. The van der Waals surface area contributed by atoms with E-state index in [2.05, 4.69) is 17.6 Å². The first kappa shape index (κ1) is 24.0. The van der Waals surface area contributed by atoms with Crippen molar-refractivity contribution in [2.45, 2.75) is 26.2 Å². The van der Waals surface area contributed by atoms with Crippen molar-refractivity contribution >= 4 is 46.4 Å². The molecular weight excluding hydrogens is 466 g/mol. The van der Waals surface area contributed by atoms with Gasteiger partial charge in [0.1, 0.15) is 16.5 Å². The predicted octanol–water partition coefficient (Wildman–Crippen LogP) is 5.42. The lowest BCUT2D eigenvalue weighted by molar-refractivity contribution is -0.120. The molecule has 0 aliphatic carbocycles. The van der Waals surface area contributed by atoms with Crippen molar-refractivity contribution in [1.29, 1.82) is 0 Å². The van der Waals surface area contributed by atoms with Gasteiger partial charge in [-0.25, -0.2) is 4.90 Å². The Labute approximate surface area is 208 Å². The minimum atomic E-state index is -0.613. The fourth-order valence-corrected chi connectivity index (χ4v) is 3.92. The third kappa shape index (κ3) is 5.36. The maximum absolute atomic E-state index is 13.1. The number of nitrogens with one attached hydrogen (secondary N) is 2. The van der Waals surface area contributed by atoms with E-state index in [1.165, 1.54) is 18.2 Å². The van der Waals surface area contributed by atoms with E-state index >= 15 is 0 Å². The van der Waals surface area contributed by atoms with Crippen LogP contribution in [0.25, 0.3) is 0 Å². The largest absolute Gasteiger partial charge is 0.508 e. The summed E-state index contributed by atoms with van der Waals surface area (Å²) in [5.74, 6) is -1.56. The minimum Gasteiger partial charge on any atom is -0.508 e. The Balaban J connectivity index is 1.49. The number of rotatable bonds is 8. The molecule has 4 rings (SSSR count). The first-order chi connectivity index (χ1) is 16.9. The zero-order valence-electron chi connectivity index (χ0n) is 19.0. The summed E-state index contributed by atoms with van der Waals surface area (Å²) < 4.78 is 0. The highest BCUT2D eigenvalue weighted by Crippen LogP contribution is 2.30. The number of carbonyl (C=O) groups excluding carboxylic acids is 3. The molecule has 0 aromatic heterocycles. The summed E-state index contributed by atoms with van der Waals surface area (Å²) >= 11 is 6.24. The summed E-state index contributed by atoms with van der Waals surface area (Å²) in [5, 5.41) is 14.9. The number of carbonyl (C=O) groups is 3. The molecule has 178 valence electrons. The molecule has 0 saturated carbocycles. The van der Waals surface area contributed by atoms with Crippen molar-refractivity contribution in [2.75, 3.05) is 15.5 Å². The van der Waals surface area contributed by atoms with Gasteiger partial charge in [0.2, 0.25) is 0 Å². The highest BCUT2D eigenvalue weighted by atomic mass is 35.5. The second kappa shape index (κ2) is 10.4. The molecule has 0 unspecified atom stereocenters. The number of phenolic OH excluding ortho intramolecular Hbond substituents is 1. The summed E-state index contributed by atoms with van der Waals surface area (Å²) in [6, 6.07) is 19.9. The van der Waals surface area contributed by atoms with Crippen LogP contribution >= 0.6 is 11.6 Å². The van der Waals surface area contributed by atoms with Crippen LogP contribution in [0.3, 0.4) is 0 Å². The van der Waals surface area contributed by atoms with Crippen LogP contribution in [-0.2, 0) is 16.0 Å². The van der Waals surface area contributed by atoms with E-state index in [0.717, 1.165) is 29.7 Å². The van der Waals surface area contributed by atoms with Gasteiger partial charge in [0.05, 0.1) is 5.69 Å². The monoisotopic (exact) mass is 489 g/mol. The lowest BCUT2D eigenvalue weighted by atomic mass is 10.1. The fourth-order valence-electron chi connectivity index (χ4n) is 3.71. The molecule has 0 atom stereocenters. The zero-order chi connectivity index (χ0) is 24.9. The molecular formula is C27H24ClN3O4. The quantitative estimate of drug-likeness (QED) is 0.367. The van der Waals surface area contributed by atoms with Crippen LogP contribution in [0.4, 0.5) is 17.1 Å². The van der Waals surface area contributed by atoms with Gasteiger partial charge in [0, 0.05) is 23.0 Å². The number of imide groups is 1. The van der Waals surface area contributed by atoms with E-state index in [1.807, 2.05) is 12.1 Å². The molecule has 0 spiro atoms. The standard InChI is InChI=1S/C27H24ClN3O4/c1-2-3-6-17-11-13-21(14-12-17)31-26(34)23(28)24(27(31)35)29-19-8-4-7-18(15-19)25(33)30-20-9-5-10-22(32)16-20/h4-5,7-16,29,32H,2-3,6H2,1H3,(H,30,33). The van der Waals surface area contributed by atoms with E-state index in [4.69, 9.17) is 11.6 Å². The topological polar surface area (TPSA) is 98.7 Å². The van der Waals surface area contributed by atoms with Crippen molar-refractivity contribution in [3.05, 3.63) is 94.7 Å². The Morgan fingerprint density at radius 3 is 2.37 bits per heavy atom. The summed E-state index contributed by atoms with van der Waals surface area (Å²) in [5.41, 5.74) is 2.68. The van der Waals surface area contributed by atoms with Gasteiger partial charge in [0.25, 0.3) is 17.7 Å². The Morgan fingerprint density at radius 1 is 0.943 bits per heavy atom. The number of aryl methyl sites for hydroxylation is 1. The fraction of sp³-hybridized carbons (Fsp3) is 0.148. The molecule has 7 nitrogen and oxygen atoms in total. The number of hydrogen-bond acceptors (Lipinski definition) is 5. The third-order valence-corrected chi connectivity index (χ3v) is 5.89. The summed E-state index contributed by atoms with van der Waals surface area (Å²) in [6.07, 6.45) is 3.07. The Morgan fingerprint density at radius 2 is 1.66 bits per heavy atom. The molecule has 0 fully saturated rings. The molecule has 3 aromatic carbocycles. The van der Waals surface area contributed by atoms with Gasteiger partial charge in [0.15, 0.2) is 0 Å². The molecule has 8 heteroatoms. The zero-order valence-corrected chi connectivity index (χ0v) is 19.8. The molecule has 1 heterocycles. The summed E-state index contributed by atoms with van der Waals surface area (Å²) in [7, 11) is 0. The third-order valence-electron chi connectivity index (χ3n) is 5.54. The van der Waals surface area contributed by atoms with E-state index in [-0.39, 0.29) is 16.5 Å². The van der Waals surface area contributed by atoms with Crippen molar-refractivity contribution in [3.63, 3.8) is 0 Å². The van der Waals surface area contributed by atoms with Crippen LogP contribution in [0.5, 0.6) is 5.75 Å². The van der Waals surface area contributed by atoms with Crippen molar-refractivity contribution in [2.24, 2.45) is 0 Å². The smallest absolute Gasteiger partial charge is 0.283 e. The van der Waals surface area contributed by atoms with Crippen LogP contribution in [0.2, 0.25) is 0 Å². The molecule has 0 bridgehead atoms. The van der Waals surface area contributed by atoms with Crippen molar-refractivity contribution in [3.8, 4) is 5.75 Å². The van der Waals surface area contributed by atoms with E-state index in [0.29, 0.717) is 22.6 Å². The van der Waals surface area contributed by atoms with E-state index in [1.54, 1.807) is 42.5 Å². The van der Waals surface area contributed by atoms with Gasteiger partial charge in [-0.1, -0.05) is 49.2 Å². The van der Waals surface area contributed by atoms with Gasteiger partial charge in [-0.2, -0.15) is 0 Å². The number of unbranched alkanes of at least 4 members (excludes halogenated alkanes) is 1. The Hall–Kier alpha value is -4.10. The maximum atomic E-state index is 13.1. The van der Waals surface area contributed by atoms with Gasteiger partial charge in [-0.15, -0.1) is 0 Å². The lowest BCUT2D eigenvalue weighted by Crippen LogP contribution is -2.32. The molecule has 3 N–H and O–H groups in total. The van der Waals surface area contributed by atoms with Crippen LogP contribution in [-0.4, -0.2) is 22.8 Å². The Kier molecular flexibility index (Phi) is 7.17. The number of anilines is 3.